The smallest absolute Gasteiger partial charge is 0.237 e. The summed E-state index contributed by atoms with van der Waals surface area (Å²) in [6.07, 6.45) is 1.77. The Kier molecular flexibility index (Phi) is 5.18. The fraction of sp³-hybridized carbons (Fsp3) is 0.909. The van der Waals surface area contributed by atoms with Crippen molar-refractivity contribution in [1.82, 2.24) is 5.32 Å². The van der Waals surface area contributed by atoms with Gasteiger partial charge < -0.3 is 20.5 Å². The molecule has 1 amide bonds. The lowest BCUT2D eigenvalue weighted by atomic mass is 9.97. The highest BCUT2D eigenvalue weighted by Gasteiger charge is 2.30. The predicted octanol–water partition coefficient (Wildman–Crippen LogP) is 0.0355. The minimum Gasteiger partial charge on any atom is -0.376 e. The Morgan fingerprint density at radius 1 is 1.62 bits per heavy atom. The summed E-state index contributed by atoms with van der Waals surface area (Å²) in [6.45, 7) is 6.52. The summed E-state index contributed by atoms with van der Waals surface area (Å²) < 4.78 is 10.5. The zero-order valence-corrected chi connectivity index (χ0v) is 10.1. The van der Waals surface area contributed by atoms with Gasteiger partial charge in [-0.3, -0.25) is 4.79 Å². The van der Waals surface area contributed by atoms with E-state index in [0.717, 1.165) is 13.0 Å². The van der Waals surface area contributed by atoms with Crippen LogP contribution in [0, 0.1) is 0 Å². The van der Waals surface area contributed by atoms with Crippen molar-refractivity contribution in [2.24, 2.45) is 5.73 Å². The zero-order chi connectivity index (χ0) is 12.0. The second kappa shape index (κ2) is 6.18. The maximum Gasteiger partial charge on any atom is 0.237 e. The number of hydrogen-bond acceptors (Lipinski definition) is 4. The van der Waals surface area contributed by atoms with Crippen molar-refractivity contribution < 1.29 is 14.3 Å². The minimum atomic E-state index is -0.666. The van der Waals surface area contributed by atoms with Crippen LogP contribution in [0.1, 0.15) is 26.7 Å². The highest BCUT2D eigenvalue weighted by Crippen LogP contribution is 2.12. The van der Waals surface area contributed by atoms with E-state index < -0.39 is 5.54 Å². The van der Waals surface area contributed by atoms with Crippen LogP contribution in [0.3, 0.4) is 0 Å². The second-order valence-corrected chi connectivity index (χ2v) is 4.40. The first-order valence-corrected chi connectivity index (χ1v) is 5.83. The summed E-state index contributed by atoms with van der Waals surface area (Å²) in [4.78, 5) is 11.4. The molecule has 1 fully saturated rings. The molecule has 0 aromatic carbocycles. The normalized spacial score (nSPS) is 20.1. The van der Waals surface area contributed by atoms with Crippen LogP contribution in [0.4, 0.5) is 0 Å². The minimum absolute atomic E-state index is 0.198. The molecule has 5 nitrogen and oxygen atoms in total. The van der Waals surface area contributed by atoms with Gasteiger partial charge in [0.1, 0.15) is 6.10 Å². The molecule has 0 aromatic heterocycles. The summed E-state index contributed by atoms with van der Waals surface area (Å²) in [5.74, 6) is -0.325. The Bertz CT molecular complexity index is 231. The number of carbonyl (C=O) groups is 1. The zero-order valence-electron chi connectivity index (χ0n) is 10.1. The SMILES string of the molecule is CCCNC(C)(CCOC1COC1)C(N)=O. The van der Waals surface area contributed by atoms with Crippen LogP contribution in [0.5, 0.6) is 0 Å². The summed E-state index contributed by atoms with van der Waals surface area (Å²) in [5.41, 5.74) is 4.73. The number of ether oxygens (including phenoxy) is 2. The van der Waals surface area contributed by atoms with Gasteiger partial charge in [0.05, 0.1) is 18.8 Å². The predicted molar refractivity (Wildman–Crippen MR) is 61.1 cm³/mol. The summed E-state index contributed by atoms with van der Waals surface area (Å²) >= 11 is 0. The van der Waals surface area contributed by atoms with E-state index in [-0.39, 0.29) is 12.0 Å². The molecule has 1 heterocycles. The molecule has 1 aliphatic heterocycles. The van der Waals surface area contributed by atoms with Crippen molar-refractivity contribution in [1.29, 1.82) is 0 Å². The van der Waals surface area contributed by atoms with Crippen molar-refractivity contribution in [3.05, 3.63) is 0 Å². The van der Waals surface area contributed by atoms with E-state index in [1.54, 1.807) is 0 Å². The fourth-order valence-electron chi connectivity index (χ4n) is 1.44. The van der Waals surface area contributed by atoms with Crippen LogP contribution >= 0.6 is 0 Å². The molecule has 0 aliphatic carbocycles. The molecule has 1 saturated heterocycles. The van der Waals surface area contributed by atoms with Gasteiger partial charge >= 0.3 is 0 Å². The third-order valence-corrected chi connectivity index (χ3v) is 2.87. The van der Waals surface area contributed by atoms with E-state index in [0.29, 0.717) is 26.2 Å². The molecule has 0 radical (unpaired) electrons. The van der Waals surface area contributed by atoms with Gasteiger partial charge in [-0.25, -0.2) is 0 Å². The average molecular weight is 230 g/mol. The number of rotatable bonds is 8. The third kappa shape index (κ3) is 3.73. The van der Waals surface area contributed by atoms with Crippen LogP contribution in [0.2, 0.25) is 0 Å². The van der Waals surface area contributed by atoms with Gasteiger partial charge in [0.25, 0.3) is 0 Å². The van der Waals surface area contributed by atoms with Gasteiger partial charge in [-0.2, -0.15) is 0 Å². The Hall–Kier alpha value is -0.650. The van der Waals surface area contributed by atoms with Crippen molar-refractivity contribution in [2.75, 3.05) is 26.4 Å². The molecule has 1 atom stereocenters. The molecule has 1 rings (SSSR count). The van der Waals surface area contributed by atoms with E-state index in [1.807, 2.05) is 6.92 Å². The van der Waals surface area contributed by atoms with Crippen LogP contribution in [-0.4, -0.2) is 43.9 Å². The second-order valence-electron chi connectivity index (χ2n) is 4.40. The van der Waals surface area contributed by atoms with Crippen LogP contribution in [0.25, 0.3) is 0 Å². The number of hydrogen-bond donors (Lipinski definition) is 2. The van der Waals surface area contributed by atoms with Gasteiger partial charge in [0.2, 0.25) is 5.91 Å². The lowest BCUT2D eigenvalue weighted by Gasteiger charge is -2.30. The molecule has 0 aromatic rings. The molecule has 1 unspecified atom stereocenters. The monoisotopic (exact) mass is 230 g/mol. The first-order valence-electron chi connectivity index (χ1n) is 5.83. The number of primary amides is 1. The van der Waals surface area contributed by atoms with Crippen LogP contribution in [-0.2, 0) is 14.3 Å². The first kappa shape index (κ1) is 13.4. The molecular formula is C11H22N2O3. The molecule has 94 valence electrons. The van der Waals surface area contributed by atoms with Crippen LogP contribution < -0.4 is 11.1 Å². The largest absolute Gasteiger partial charge is 0.376 e. The third-order valence-electron chi connectivity index (χ3n) is 2.87. The number of nitrogens with one attached hydrogen (secondary N) is 1. The molecule has 16 heavy (non-hydrogen) atoms. The van der Waals surface area contributed by atoms with E-state index in [9.17, 15) is 4.79 Å². The van der Waals surface area contributed by atoms with E-state index >= 15 is 0 Å². The van der Waals surface area contributed by atoms with E-state index in [4.69, 9.17) is 15.2 Å². The van der Waals surface area contributed by atoms with Crippen molar-refractivity contribution in [2.45, 2.75) is 38.3 Å². The van der Waals surface area contributed by atoms with E-state index in [1.165, 1.54) is 0 Å². The Balaban J connectivity index is 2.27. The summed E-state index contributed by atoms with van der Waals surface area (Å²) in [5, 5.41) is 3.17. The lowest BCUT2D eigenvalue weighted by Crippen LogP contribution is -2.54. The fourth-order valence-corrected chi connectivity index (χ4v) is 1.44. The molecule has 3 N–H and O–H groups in total. The highest BCUT2D eigenvalue weighted by molar-refractivity contribution is 5.84. The average Bonchev–Trinajstić information content (AvgIpc) is 2.18. The van der Waals surface area contributed by atoms with Gasteiger partial charge in [0.15, 0.2) is 0 Å². The Morgan fingerprint density at radius 3 is 2.75 bits per heavy atom. The highest BCUT2D eigenvalue weighted by atomic mass is 16.6. The maximum absolute atomic E-state index is 11.4. The van der Waals surface area contributed by atoms with Gasteiger partial charge in [-0.05, 0) is 26.3 Å². The summed E-state index contributed by atoms with van der Waals surface area (Å²) in [6, 6.07) is 0. The summed E-state index contributed by atoms with van der Waals surface area (Å²) in [7, 11) is 0. The van der Waals surface area contributed by atoms with Gasteiger partial charge in [0, 0.05) is 6.61 Å². The van der Waals surface area contributed by atoms with Crippen LogP contribution in [0.15, 0.2) is 0 Å². The molecular weight excluding hydrogens is 208 g/mol. The lowest BCUT2D eigenvalue weighted by molar-refractivity contribution is -0.136. The molecule has 0 saturated carbocycles. The maximum atomic E-state index is 11.4. The molecule has 0 spiro atoms. The number of amides is 1. The van der Waals surface area contributed by atoms with Crippen molar-refractivity contribution >= 4 is 5.91 Å². The van der Waals surface area contributed by atoms with Crippen molar-refractivity contribution in [3.63, 3.8) is 0 Å². The van der Waals surface area contributed by atoms with Gasteiger partial charge in [-0.15, -0.1) is 0 Å². The standard InChI is InChI=1S/C11H22N2O3/c1-3-5-13-11(2,10(12)14)4-6-16-9-7-15-8-9/h9,13H,3-8H2,1-2H3,(H2,12,14). The van der Waals surface area contributed by atoms with E-state index in [2.05, 4.69) is 12.2 Å². The first-order chi connectivity index (χ1) is 7.58. The Morgan fingerprint density at radius 2 is 2.31 bits per heavy atom. The molecule has 0 bridgehead atoms. The number of nitrogens with two attached hydrogens (primary N) is 1. The molecule has 5 heteroatoms. The Labute approximate surface area is 96.7 Å². The van der Waals surface area contributed by atoms with Crippen molar-refractivity contribution in [3.8, 4) is 0 Å². The molecule has 1 aliphatic rings. The topological polar surface area (TPSA) is 73.6 Å². The number of carbonyl (C=O) groups excluding carboxylic acids is 1. The quantitative estimate of drug-likeness (QED) is 0.617. The van der Waals surface area contributed by atoms with Gasteiger partial charge in [-0.1, -0.05) is 6.92 Å².